The normalized spacial score (nSPS) is 13.8. The molecule has 1 atom stereocenters. The highest BCUT2D eigenvalue weighted by atomic mass is 16.3. The monoisotopic (exact) mass is 180 g/mol. The van der Waals surface area contributed by atoms with E-state index in [4.69, 9.17) is 0 Å². The molecule has 3 nitrogen and oxygen atoms in total. The second-order valence-corrected chi connectivity index (χ2v) is 3.76. The largest absolute Gasteiger partial charge is 0.391 e. The molecule has 0 aromatic carbocycles. The van der Waals surface area contributed by atoms with E-state index in [1.165, 1.54) is 0 Å². The van der Waals surface area contributed by atoms with Crippen molar-refractivity contribution in [1.82, 2.24) is 4.98 Å². The topological polar surface area (TPSA) is 45.1 Å². The van der Waals surface area contributed by atoms with Gasteiger partial charge < -0.3 is 10.4 Å². The van der Waals surface area contributed by atoms with Crippen LogP contribution in [-0.4, -0.2) is 21.7 Å². The summed E-state index contributed by atoms with van der Waals surface area (Å²) in [4.78, 5) is 3.92. The summed E-state index contributed by atoms with van der Waals surface area (Å²) in [5.41, 5.74) is 0.655. The number of aliphatic hydroxyl groups is 1. The van der Waals surface area contributed by atoms with Gasteiger partial charge in [0.15, 0.2) is 0 Å². The van der Waals surface area contributed by atoms with Crippen LogP contribution in [0.2, 0.25) is 0 Å². The molecule has 0 fully saturated rings. The number of hydrogen-bond donors (Lipinski definition) is 2. The minimum absolute atomic E-state index is 0.318. The molecule has 0 saturated heterocycles. The van der Waals surface area contributed by atoms with E-state index in [-0.39, 0.29) is 5.54 Å². The van der Waals surface area contributed by atoms with E-state index in [2.05, 4.69) is 10.3 Å². The molecule has 3 heteroatoms. The lowest BCUT2D eigenvalue weighted by atomic mass is 9.98. The van der Waals surface area contributed by atoms with E-state index < -0.39 is 6.10 Å². The molecule has 2 N–H and O–H groups in total. The molecule has 0 bridgehead atoms. The first-order valence-electron chi connectivity index (χ1n) is 4.38. The van der Waals surface area contributed by atoms with Crippen molar-refractivity contribution in [1.29, 1.82) is 0 Å². The SMILES string of the molecule is CC(O)C(C)(C)Nc1ccncc1. The molecule has 1 aromatic heterocycles. The summed E-state index contributed by atoms with van der Waals surface area (Å²) in [6.45, 7) is 5.68. The lowest BCUT2D eigenvalue weighted by molar-refractivity contribution is 0.133. The van der Waals surface area contributed by atoms with Crippen LogP contribution in [-0.2, 0) is 0 Å². The Kier molecular flexibility index (Phi) is 2.88. The first-order valence-corrected chi connectivity index (χ1v) is 4.38. The quantitative estimate of drug-likeness (QED) is 0.743. The predicted octanol–water partition coefficient (Wildman–Crippen LogP) is 1.65. The third-order valence-electron chi connectivity index (χ3n) is 2.19. The van der Waals surface area contributed by atoms with Crippen LogP contribution in [0.5, 0.6) is 0 Å². The maximum Gasteiger partial charge on any atom is 0.0736 e. The molecule has 72 valence electrons. The number of nitrogens with zero attached hydrogens (tertiary/aromatic N) is 1. The van der Waals surface area contributed by atoms with Gasteiger partial charge in [-0.05, 0) is 32.9 Å². The van der Waals surface area contributed by atoms with Gasteiger partial charge in [0.25, 0.3) is 0 Å². The van der Waals surface area contributed by atoms with Gasteiger partial charge in [0.1, 0.15) is 0 Å². The van der Waals surface area contributed by atoms with Gasteiger partial charge in [0.2, 0.25) is 0 Å². The zero-order valence-electron chi connectivity index (χ0n) is 8.28. The Bertz CT molecular complexity index is 257. The molecule has 13 heavy (non-hydrogen) atoms. The highest BCUT2D eigenvalue weighted by Crippen LogP contribution is 2.16. The molecular weight excluding hydrogens is 164 g/mol. The first-order chi connectivity index (χ1) is 6.02. The fraction of sp³-hybridized carbons (Fsp3) is 0.500. The molecule has 1 aromatic rings. The average Bonchev–Trinajstić information content (AvgIpc) is 2.05. The van der Waals surface area contributed by atoms with Crippen LogP contribution in [0.3, 0.4) is 0 Å². The Hall–Kier alpha value is -1.09. The Morgan fingerprint density at radius 2 is 1.92 bits per heavy atom. The number of aromatic nitrogens is 1. The summed E-state index contributed by atoms with van der Waals surface area (Å²) >= 11 is 0. The van der Waals surface area contributed by atoms with Crippen molar-refractivity contribution in [3.63, 3.8) is 0 Å². The Morgan fingerprint density at radius 3 is 2.38 bits per heavy atom. The molecule has 0 aliphatic rings. The number of anilines is 1. The van der Waals surface area contributed by atoms with Crippen molar-refractivity contribution in [2.75, 3.05) is 5.32 Å². The highest BCUT2D eigenvalue weighted by molar-refractivity contribution is 5.43. The van der Waals surface area contributed by atoms with Crippen LogP contribution < -0.4 is 5.32 Å². The molecule has 1 heterocycles. The molecule has 0 radical (unpaired) electrons. The smallest absolute Gasteiger partial charge is 0.0736 e. The van der Waals surface area contributed by atoms with E-state index >= 15 is 0 Å². The fourth-order valence-electron chi connectivity index (χ4n) is 0.912. The lowest BCUT2D eigenvalue weighted by Gasteiger charge is -2.30. The van der Waals surface area contributed by atoms with E-state index in [0.717, 1.165) is 5.69 Å². The number of aliphatic hydroxyl groups excluding tert-OH is 1. The second kappa shape index (κ2) is 3.75. The summed E-state index contributed by atoms with van der Waals surface area (Å²) < 4.78 is 0. The summed E-state index contributed by atoms with van der Waals surface area (Å²) in [6.07, 6.45) is 3.04. The second-order valence-electron chi connectivity index (χ2n) is 3.76. The molecule has 0 aliphatic carbocycles. The maximum atomic E-state index is 9.46. The van der Waals surface area contributed by atoms with Crippen molar-refractivity contribution in [3.8, 4) is 0 Å². The van der Waals surface area contributed by atoms with Gasteiger partial charge >= 0.3 is 0 Å². The fourth-order valence-corrected chi connectivity index (χ4v) is 0.912. The highest BCUT2D eigenvalue weighted by Gasteiger charge is 2.23. The van der Waals surface area contributed by atoms with Gasteiger partial charge in [0, 0.05) is 18.1 Å². The molecule has 1 unspecified atom stereocenters. The molecule has 0 saturated carbocycles. The van der Waals surface area contributed by atoms with Gasteiger partial charge in [-0.25, -0.2) is 0 Å². The zero-order valence-corrected chi connectivity index (χ0v) is 8.28. The van der Waals surface area contributed by atoms with Crippen molar-refractivity contribution in [2.24, 2.45) is 0 Å². The van der Waals surface area contributed by atoms with Gasteiger partial charge in [-0.2, -0.15) is 0 Å². The number of pyridine rings is 1. The van der Waals surface area contributed by atoms with Crippen molar-refractivity contribution in [2.45, 2.75) is 32.4 Å². The van der Waals surface area contributed by atoms with Crippen LogP contribution in [0.1, 0.15) is 20.8 Å². The number of nitrogens with one attached hydrogen (secondary N) is 1. The summed E-state index contributed by atoms with van der Waals surface area (Å²) in [5, 5.41) is 12.7. The first kappa shape index (κ1) is 9.99. The summed E-state index contributed by atoms with van der Waals surface area (Å²) in [5.74, 6) is 0. The average molecular weight is 180 g/mol. The minimum atomic E-state index is -0.402. The Balaban J connectivity index is 2.69. The standard InChI is InChI=1S/C10H16N2O/c1-8(13)10(2,3)12-9-4-6-11-7-5-9/h4-8,13H,1-3H3,(H,11,12). The van der Waals surface area contributed by atoms with Crippen LogP contribution in [0.25, 0.3) is 0 Å². The zero-order chi connectivity index (χ0) is 9.90. The molecule has 0 spiro atoms. The lowest BCUT2D eigenvalue weighted by Crippen LogP contribution is -2.41. The van der Waals surface area contributed by atoms with E-state index in [1.54, 1.807) is 19.3 Å². The van der Waals surface area contributed by atoms with Crippen LogP contribution >= 0.6 is 0 Å². The maximum absolute atomic E-state index is 9.46. The molecular formula is C10H16N2O. The van der Waals surface area contributed by atoms with Crippen molar-refractivity contribution < 1.29 is 5.11 Å². The third kappa shape index (κ3) is 2.70. The summed E-state index contributed by atoms with van der Waals surface area (Å²) in [6, 6.07) is 3.76. The van der Waals surface area contributed by atoms with Crippen LogP contribution in [0.15, 0.2) is 24.5 Å². The Morgan fingerprint density at radius 1 is 1.38 bits per heavy atom. The van der Waals surface area contributed by atoms with Gasteiger partial charge in [0.05, 0.1) is 11.6 Å². The Labute approximate surface area is 78.8 Å². The molecule has 0 aliphatic heterocycles. The van der Waals surface area contributed by atoms with E-state index in [9.17, 15) is 5.11 Å². The van der Waals surface area contributed by atoms with Gasteiger partial charge in [-0.15, -0.1) is 0 Å². The van der Waals surface area contributed by atoms with Crippen LogP contribution in [0.4, 0.5) is 5.69 Å². The predicted molar refractivity (Wildman–Crippen MR) is 53.6 cm³/mol. The minimum Gasteiger partial charge on any atom is -0.391 e. The third-order valence-corrected chi connectivity index (χ3v) is 2.19. The van der Waals surface area contributed by atoms with Crippen molar-refractivity contribution >= 4 is 5.69 Å². The number of rotatable bonds is 3. The number of hydrogen-bond acceptors (Lipinski definition) is 3. The van der Waals surface area contributed by atoms with E-state index in [0.29, 0.717) is 0 Å². The van der Waals surface area contributed by atoms with Gasteiger partial charge in [-0.3, -0.25) is 4.98 Å². The van der Waals surface area contributed by atoms with Crippen LogP contribution in [0, 0.1) is 0 Å². The van der Waals surface area contributed by atoms with Crippen molar-refractivity contribution in [3.05, 3.63) is 24.5 Å². The molecule has 1 rings (SSSR count). The molecule has 0 amide bonds. The van der Waals surface area contributed by atoms with Gasteiger partial charge in [-0.1, -0.05) is 0 Å². The summed E-state index contributed by atoms with van der Waals surface area (Å²) in [7, 11) is 0. The van der Waals surface area contributed by atoms with E-state index in [1.807, 2.05) is 26.0 Å².